The Morgan fingerprint density at radius 3 is 3.10 bits per heavy atom. The van der Waals surface area contributed by atoms with Gasteiger partial charge >= 0.3 is 5.97 Å². The van der Waals surface area contributed by atoms with Crippen molar-refractivity contribution in [3.05, 3.63) is 40.4 Å². The first-order valence-corrected chi connectivity index (χ1v) is 7.14. The standard InChI is InChI=1S/C14H15N3O3S/c1-3-20-13(19)12-9(2)16-14(21-12)17-15-8-10-5-4-6-11(18)7-10/h4-8,18H,3H2,1-2H3,(H,16,17)/b15-8-. The summed E-state index contributed by atoms with van der Waals surface area (Å²) in [5.41, 5.74) is 4.11. The molecule has 0 aliphatic carbocycles. The predicted octanol–water partition coefficient (Wildman–Crippen LogP) is 2.78. The Morgan fingerprint density at radius 2 is 2.38 bits per heavy atom. The van der Waals surface area contributed by atoms with Crippen LogP contribution in [0.1, 0.15) is 27.9 Å². The van der Waals surface area contributed by atoms with E-state index in [9.17, 15) is 9.90 Å². The van der Waals surface area contributed by atoms with Crippen molar-refractivity contribution in [2.75, 3.05) is 12.0 Å². The lowest BCUT2D eigenvalue weighted by Gasteiger charge is -1.97. The fraction of sp³-hybridized carbons (Fsp3) is 0.214. The molecule has 2 rings (SSSR count). The summed E-state index contributed by atoms with van der Waals surface area (Å²) in [6, 6.07) is 6.70. The molecule has 110 valence electrons. The molecule has 0 radical (unpaired) electrons. The fourth-order valence-electron chi connectivity index (χ4n) is 1.60. The summed E-state index contributed by atoms with van der Waals surface area (Å²) in [6.07, 6.45) is 1.56. The van der Waals surface area contributed by atoms with Crippen LogP contribution in [0.25, 0.3) is 0 Å². The third-order valence-corrected chi connectivity index (χ3v) is 3.54. The van der Waals surface area contributed by atoms with Crippen molar-refractivity contribution in [1.29, 1.82) is 0 Å². The average molecular weight is 305 g/mol. The summed E-state index contributed by atoms with van der Waals surface area (Å²) in [6.45, 7) is 3.83. The van der Waals surface area contributed by atoms with Crippen molar-refractivity contribution < 1.29 is 14.6 Å². The number of aromatic nitrogens is 1. The third kappa shape index (κ3) is 4.03. The average Bonchev–Trinajstić information content (AvgIpc) is 2.80. The highest BCUT2D eigenvalue weighted by atomic mass is 32.1. The molecule has 7 heteroatoms. The van der Waals surface area contributed by atoms with Gasteiger partial charge in [0.2, 0.25) is 5.13 Å². The van der Waals surface area contributed by atoms with Crippen LogP contribution in [0.5, 0.6) is 5.75 Å². The molecule has 0 spiro atoms. The van der Waals surface area contributed by atoms with Gasteiger partial charge in [-0.15, -0.1) is 0 Å². The molecule has 1 heterocycles. The van der Waals surface area contributed by atoms with Crippen molar-refractivity contribution in [3.8, 4) is 5.75 Å². The summed E-state index contributed by atoms with van der Waals surface area (Å²) >= 11 is 1.19. The van der Waals surface area contributed by atoms with Gasteiger partial charge in [0.25, 0.3) is 0 Å². The molecule has 1 aromatic carbocycles. The molecule has 0 aliphatic rings. The number of nitrogens with zero attached hydrogens (tertiary/aromatic N) is 2. The lowest BCUT2D eigenvalue weighted by Crippen LogP contribution is -2.03. The number of aryl methyl sites for hydroxylation is 1. The Balaban J connectivity index is 2.04. The molecule has 0 amide bonds. The molecule has 21 heavy (non-hydrogen) atoms. The number of hydrogen-bond acceptors (Lipinski definition) is 7. The smallest absolute Gasteiger partial charge is 0.350 e. The van der Waals surface area contributed by atoms with Crippen LogP contribution in [0.4, 0.5) is 5.13 Å². The van der Waals surface area contributed by atoms with Gasteiger partial charge in [-0.25, -0.2) is 9.78 Å². The second kappa shape index (κ2) is 6.85. The minimum Gasteiger partial charge on any atom is -0.508 e. The first-order valence-electron chi connectivity index (χ1n) is 6.32. The van der Waals surface area contributed by atoms with Gasteiger partial charge in [0.1, 0.15) is 10.6 Å². The van der Waals surface area contributed by atoms with Crippen molar-refractivity contribution >= 4 is 28.7 Å². The van der Waals surface area contributed by atoms with Gasteiger partial charge in [0, 0.05) is 0 Å². The zero-order valence-electron chi connectivity index (χ0n) is 11.7. The molecule has 0 atom stereocenters. The zero-order chi connectivity index (χ0) is 15.2. The number of esters is 1. The molecular weight excluding hydrogens is 290 g/mol. The number of carbonyl (C=O) groups excluding carboxylic acids is 1. The van der Waals surface area contributed by atoms with Gasteiger partial charge in [0.05, 0.1) is 18.5 Å². The molecule has 2 N–H and O–H groups in total. The number of benzene rings is 1. The van der Waals surface area contributed by atoms with E-state index in [2.05, 4.69) is 15.5 Å². The van der Waals surface area contributed by atoms with Gasteiger partial charge in [-0.05, 0) is 31.5 Å². The summed E-state index contributed by atoms with van der Waals surface area (Å²) in [4.78, 5) is 16.3. The van der Waals surface area contributed by atoms with Crippen LogP contribution in [-0.2, 0) is 4.74 Å². The van der Waals surface area contributed by atoms with Crippen molar-refractivity contribution in [2.45, 2.75) is 13.8 Å². The molecule has 0 fully saturated rings. The van der Waals surface area contributed by atoms with E-state index in [1.807, 2.05) is 6.07 Å². The van der Waals surface area contributed by atoms with Gasteiger partial charge in [-0.3, -0.25) is 5.43 Å². The highest BCUT2D eigenvalue weighted by Crippen LogP contribution is 2.23. The number of phenolic OH excluding ortho intramolecular Hbond substituents is 1. The molecule has 6 nitrogen and oxygen atoms in total. The Labute approximate surface area is 126 Å². The quantitative estimate of drug-likeness (QED) is 0.504. The largest absolute Gasteiger partial charge is 0.508 e. The van der Waals surface area contributed by atoms with Crippen LogP contribution < -0.4 is 5.43 Å². The van der Waals surface area contributed by atoms with Crippen molar-refractivity contribution in [2.24, 2.45) is 5.10 Å². The van der Waals surface area contributed by atoms with Crippen LogP contribution in [0.2, 0.25) is 0 Å². The first kappa shape index (κ1) is 15.0. The molecule has 0 saturated carbocycles. The number of hydrazone groups is 1. The highest BCUT2D eigenvalue weighted by Gasteiger charge is 2.15. The number of aromatic hydroxyl groups is 1. The second-order valence-corrected chi connectivity index (χ2v) is 5.12. The van der Waals surface area contributed by atoms with E-state index >= 15 is 0 Å². The number of thiazole rings is 1. The van der Waals surface area contributed by atoms with E-state index < -0.39 is 0 Å². The molecule has 0 aliphatic heterocycles. The normalized spacial score (nSPS) is 10.8. The topological polar surface area (TPSA) is 83.8 Å². The van der Waals surface area contributed by atoms with Crippen LogP contribution in [0.15, 0.2) is 29.4 Å². The Hall–Kier alpha value is -2.41. The van der Waals surface area contributed by atoms with E-state index in [-0.39, 0.29) is 11.7 Å². The van der Waals surface area contributed by atoms with Crippen LogP contribution in [0.3, 0.4) is 0 Å². The van der Waals surface area contributed by atoms with E-state index in [0.29, 0.717) is 22.3 Å². The maximum absolute atomic E-state index is 11.7. The monoisotopic (exact) mass is 305 g/mol. The molecule has 0 bridgehead atoms. The Bertz CT molecular complexity index is 667. The number of rotatable bonds is 5. The van der Waals surface area contributed by atoms with Gasteiger partial charge < -0.3 is 9.84 Å². The van der Waals surface area contributed by atoms with E-state index in [1.54, 1.807) is 38.3 Å². The van der Waals surface area contributed by atoms with Crippen molar-refractivity contribution in [3.63, 3.8) is 0 Å². The summed E-state index contributed by atoms with van der Waals surface area (Å²) in [5, 5.41) is 13.9. The van der Waals surface area contributed by atoms with E-state index in [4.69, 9.17) is 4.74 Å². The maximum atomic E-state index is 11.7. The highest BCUT2D eigenvalue weighted by molar-refractivity contribution is 7.17. The maximum Gasteiger partial charge on any atom is 0.350 e. The number of phenols is 1. The second-order valence-electron chi connectivity index (χ2n) is 4.12. The Kier molecular flexibility index (Phi) is 4.89. The molecule has 1 aromatic heterocycles. The van der Waals surface area contributed by atoms with Crippen LogP contribution >= 0.6 is 11.3 Å². The Morgan fingerprint density at radius 1 is 1.57 bits per heavy atom. The molecule has 0 unspecified atom stereocenters. The predicted molar refractivity (Wildman–Crippen MR) is 82.1 cm³/mol. The lowest BCUT2D eigenvalue weighted by atomic mass is 10.2. The minimum atomic E-state index is -0.377. The minimum absolute atomic E-state index is 0.175. The van der Waals surface area contributed by atoms with Crippen LogP contribution in [-0.4, -0.2) is 28.9 Å². The van der Waals surface area contributed by atoms with Gasteiger partial charge in [-0.2, -0.15) is 5.10 Å². The SMILES string of the molecule is CCOC(=O)c1sc(N/N=C\c2cccc(O)c2)nc1C. The number of carbonyl (C=O) groups is 1. The first-order chi connectivity index (χ1) is 10.1. The number of hydrogen-bond donors (Lipinski definition) is 2. The third-order valence-electron chi connectivity index (χ3n) is 2.50. The molecular formula is C14H15N3O3S. The van der Waals surface area contributed by atoms with Crippen molar-refractivity contribution in [1.82, 2.24) is 4.98 Å². The molecule has 0 saturated heterocycles. The van der Waals surface area contributed by atoms with Gasteiger partial charge in [0.15, 0.2) is 0 Å². The molecule has 2 aromatic rings. The zero-order valence-corrected chi connectivity index (χ0v) is 12.5. The lowest BCUT2D eigenvalue weighted by molar-refractivity contribution is 0.0531. The fourth-order valence-corrected chi connectivity index (χ4v) is 2.41. The van der Waals surface area contributed by atoms with E-state index in [0.717, 1.165) is 5.56 Å². The van der Waals surface area contributed by atoms with Crippen LogP contribution in [0, 0.1) is 6.92 Å². The number of ether oxygens (including phenoxy) is 1. The number of anilines is 1. The summed E-state index contributed by atoms with van der Waals surface area (Å²) in [5.74, 6) is -0.203. The van der Waals surface area contributed by atoms with Gasteiger partial charge in [-0.1, -0.05) is 23.5 Å². The summed E-state index contributed by atoms with van der Waals surface area (Å²) < 4.78 is 4.95. The number of nitrogens with one attached hydrogen (secondary N) is 1. The van der Waals surface area contributed by atoms with E-state index in [1.165, 1.54) is 11.3 Å². The summed E-state index contributed by atoms with van der Waals surface area (Å²) in [7, 11) is 0.